The van der Waals surface area contributed by atoms with Crippen LogP contribution in [-0.4, -0.2) is 43.0 Å². The van der Waals surface area contributed by atoms with Gasteiger partial charge in [-0.05, 0) is 22.9 Å². The van der Waals surface area contributed by atoms with Gasteiger partial charge in [0.1, 0.15) is 24.2 Å². The van der Waals surface area contributed by atoms with Crippen LogP contribution in [0.5, 0.6) is 11.5 Å². The van der Waals surface area contributed by atoms with Gasteiger partial charge in [-0.2, -0.15) is 0 Å². The first-order chi connectivity index (χ1) is 21.1. The van der Waals surface area contributed by atoms with E-state index in [0.29, 0.717) is 18.6 Å². The molecule has 4 nitrogen and oxygen atoms in total. The van der Waals surface area contributed by atoms with Crippen LogP contribution in [-0.2, 0) is 9.47 Å². The van der Waals surface area contributed by atoms with Gasteiger partial charge >= 0.3 is 0 Å². The van der Waals surface area contributed by atoms with E-state index in [1.807, 2.05) is 0 Å². The Balaban J connectivity index is 0.000000180. The number of rotatable bonds is 4. The van der Waals surface area contributed by atoms with Gasteiger partial charge in [-0.15, -0.1) is 11.6 Å². The lowest BCUT2D eigenvalue weighted by Gasteiger charge is -2.07. The molecule has 31 heavy (non-hydrogen) atoms. The summed E-state index contributed by atoms with van der Waals surface area (Å²) >= 11 is 5.27. The van der Waals surface area contributed by atoms with Crippen molar-refractivity contribution in [2.75, 3.05) is 25.7 Å². The van der Waals surface area contributed by atoms with Crippen LogP contribution in [0.3, 0.4) is 0 Å². The average molecular weight is 451 g/mol. The predicted molar refractivity (Wildman–Crippen MR) is 125 cm³/mol. The zero-order valence-electron chi connectivity index (χ0n) is 30.0. The predicted octanol–water partition coefficient (Wildman–Crippen LogP) is 5.79. The van der Waals surface area contributed by atoms with Crippen LogP contribution >= 0.6 is 11.6 Å². The molecule has 5 heteroatoms. The highest BCUT2D eigenvalue weighted by atomic mass is 35.5. The second-order valence-corrected chi connectivity index (χ2v) is 6.61. The molecule has 0 radical (unpaired) electrons. The van der Waals surface area contributed by atoms with E-state index in [1.54, 1.807) is 0 Å². The Morgan fingerprint density at radius 2 is 1.35 bits per heavy atom. The Kier molecular flexibility index (Phi) is 3.46. The first-order valence-electron chi connectivity index (χ1n) is 16.2. The summed E-state index contributed by atoms with van der Waals surface area (Å²) in [4.78, 5) is 0. The Bertz CT molecular complexity index is 1710. The third kappa shape index (κ3) is 6.34. The molecule has 6 rings (SSSR count). The summed E-state index contributed by atoms with van der Waals surface area (Å²) in [6.45, 7) is 1.55. The largest absolute Gasteiger partial charge is 0.507 e. The molecule has 2 aliphatic heterocycles. The SMILES string of the molecule is ClCC1CO1.[2H]c1c([2H])c([2H])c2c(O)c([2H])c([2H])c([2H])c2c1[2H].[2H]c1c([2H])c([2H])c2c(OCC3CO3)c([2H])c([2H])c([2H])c2c1[2H]. The van der Waals surface area contributed by atoms with Crippen molar-refractivity contribution in [3.63, 3.8) is 0 Å². The number of halogens is 1. The van der Waals surface area contributed by atoms with Crippen molar-refractivity contribution in [2.45, 2.75) is 12.2 Å². The number of benzene rings is 4. The van der Waals surface area contributed by atoms with Crippen LogP contribution < -0.4 is 4.74 Å². The first-order valence-corrected chi connectivity index (χ1v) is 9.70. The maximum absolute atomic E-state index is 9.75. The van der Waals surface area contributed by atoms with Crippen molar-refractivity contribution in [2.24, 2.45) is 0 Å². The van der Waals surface area contributed by atoms with Crippen LogP contribution in [0, 0.1) is 0 Å². The summed E-state index contributed by atoms with van der Waals surface area (Å²) in [6.07, 6.45) is 0.298. The molecule has 2 atom stereocenters. The van der Waals surface area contributed by atoms with Crippen molar-refractivity contribution < 1.29 is 38.5 Å². The van der Waals surface area contributed by atoms with E-state index in [0.717, 1.165) is 6.61 Å². The highest BCUT2D eigenvalue weighted by Gasteiger charge is 2.23. The molecule has 2 fully saturated rings. The molecular formula is C26H25ClO4. The van der Waals surface area contributed by atoms with Crippen LogP contribution in [0.4, 0.5) is 0 Å². The number of hydrogen-bond donors (Lipinski definition) is 1. The second kappa shape index (κ2) is 10.5. The van der Waals surface area contributed by atoms with E-state index in [1.165, 1.54) is 0 Å². The van der Waals surface area contributed by atoms with E-state index in [4.69, 9.17) is 45.0 Å². The van der Waals surface area contributed by atoms with Gasteiger partial charge in [-0.3, -0.25) is 0 Å². The lowest BCUT2D eigenvalue weighted by atomic mass is 10.1. The number of hydrogen-bond acceptors (Lipinski definition) is 4. The normalized spacial score (nSPS) is 24.7. The van der Waals surface area contributed by atoms with E-state index in [2.05, 4.69) is 0 Å². The standard InChI is InChI=1S/C13H12O2.C10H8O.C3H5ClO/c1-2-6-12-10(4-1)5-3-7-13(12)15-9-11-8-14-11;11-10-7-3-5-8-4-1-2-6-9(8)10;4-1-3-2-5-3/h1-7,11H,8-9H2;1-7,11H;3H,1-2H2/i2*1D,2D,3D,4D,5D,6D,7D;. The van der Waals surface area contributed by atoms with E-state index in [-0.39, 0.29) is 52.1 Å². The number of epoxide rings is 2. The van der Waals surface area contributed by atoms with Gasteiger partial charge in [0.25, 0.3) is 0 Å². The first kappa shape index (κ1) is 10.2. The molecule has 2 saturated heterocycles. The smallest absolute Gasteiger partial charge is 0.127 e. The van der Waals surface area contributed by atoms with Gasteiger partial charge in [-0.1, -0.05) is 72.5 Å². The molecule has 2 heterocycles. The Labute approximate surface area is 206 Å². The summed E-state index contributed by atoms with van der Waals surface area (Å²) in [5.41, 5.74) is 0. The minimum atomic E-state index is -0.696. The molecular weight excluding hydrogens is 412 g/mol. The molecule has 0 spiro atoms. The molecule has 2 unspecified atom stereocenters. The fourth-order valence-electron chi connectivity index (χ4n) is 2.19. The molecule has 0 amide bonds. The molecule has 0 aromatic heterocycles. The lowest BCUT2D eigenvalue weighted by molar-refractivity contribution is 0.265. The molecule has 4 aromatic carbocycles. The molecule has 1 N–H and O–H groups in total. The topological polar surface area (TPSA) is 54.5 Å². The summed E-state index contributed by atoms with van der Waals surface area (Å²) in [7, 11) is 0. The zero-order chi connectivity index (χ0) is 33.7. The molecule has 0 aliphatic carbocycles. The summed E-state index contributed by atoms with van der Waals surface area (Å²) in [5.74, 6) is -0.128. The third-order valence-corrected chi connectivity index (χ3v) is 4.31. The fourth-order valence-corrected chi connectivity index (χ4v) is 2.37. The van der Waals surface area contributed by atoms with E-state index < -0.39 is 78.3 Å². The molecule has 0 bridgehead atoms. The van der Waals surface area contributed by atoms with E-state index in [9.17, 15) is 5.11 Å². The van der Waals surface area contributed by atoms with Crippen molar-refractivity contribution in [1.82, 2.24) is 0 Å². The summed E-state index contributed by atoms with van der Waals surface area (Å²) < 4.78 is 123. The monoisotopic (exact) mass is 450 g/mol. The molecule has 160 valence electrons. The average Bonchev–Trinajstić information content (AvgIpc) is 3.95. The molecule has 4 aromatic rings. The Morgan fingerprint density at radius 1 is 0.806 bits per heavy atom. The van der Waals surface area contributed by atoms with Gasteiger partial charge in [0.2, 0.25) is 0 Å². The molecule has 2 aliphatic rings. The third-order valence-electron chi connectivity index (χ3n) is 3.96. The second-order valence-electron chi connectivity index (χ2n) is 6.30. The van der Waals surface area contributed by atoms with Crippen LogP contribution in [0.1, 0.15) is 19.2 Å². The quantitative estimate of drug-likeness (QED) is 0.316. The number of aromatic hydroxyl groups is 1. The van der Waals surface area contributed by atoms with Crippen molar-refractivity contribution in [3.05, 3.63) is 84.6 Å². The summed E-state index contributed by atoms with van der Waals surface area (Å²) in [5, 5.41) is 9.10. The van der Waals surface area contributed by atoms with Crippen LogP contribution in [0.25, 0.3) is 21.5 Å². The van der Waals surface area contributed by atoms with E-state index >= 15 is 0 Å². The number of ether oxygens (including phenoxy) is 3. The maximum Gasteiger partial charge on any atom is 0.127 e. The highest BCUT2D eigenvalue weighted by Crippen LogP contribution is 2.26. The van der Waals surface area contributed by atoms with Gasteiger partial charge in [0, 0.05) is 10.8 Å². The Morgan fingerprint density at radius 3 is 1.97 bits per heavy atom. The van der Waals surface area contributed by atoms with Gasteiger partial charge < -0.3 is 19.3 Å². The van der Waals surface area contributed by atoms with Gasteiger partial charge in [0.05, 0.1) is 44.4 Å². The van der Waals surface area contributed by atoms with Crippen LogP contribution in [0.2, 0.25) is 0 Å². The van der Waals surface area contributed by atoms with Crippen molar-refractivity contribution in [3.8, 4) is 11.5 Å². The van der Waals surface area contributed by atoms with Gasteiger partial charge in [0.15, 0.2) is 0 Å². The number of alkyl halides is 1. The number of phenols is 1. The number of phenolic OH excluding ortho intramolecular Hbond substituents is 1. The van der Waals surface area contributed by atoms with Gasteiger partial charge in [-0.25, -0.2) is 0 Å². The van der Waals surface area contributed by atoms with Crippen molar-refractivity contribution in [1.29, 1.82) is 0 Å². The maximum atomic E-state index is 9.75. The molecule has 0 saturated carbocycles. The lowest BCUT2D eigenvalue weighted by Crippen LogP contribution is -2.04. The Hall–Kier alpha value is -2.79. The highest BCUT2D eigenvalue weighted by molar-refractivity contribution is 6.18. The minimum Gasteiger partial charge on any atom is -0.507 e. The number of fused-ring (bicyclic) bond motifs is 2. The summed E-state index contributed by atoms with van der Waals surface area (Å²) in [6, 6.07) is -6.62. The fraction of sp³-hybridized carbons (Fsp3) is 0.231. The zero-order valence-corrected chi connectivity index (χ0v) is 16.8. The van der Waals surface area contributed by atoms with Crippen molar-refractivity contribution >= 4 is 33.1 Å². The van der Waals surface area contributed by atoms with Crippen LogP contribution in [0.15, 0.2) is 84.6 Å². The minimum absolute atomic E-state index is 0.0300.